The number of allylic oxidation sites excluding steroid dienone is 2. The molecule has 0 saturated heterocycles. The molecular formula is C19H18BrN3O2. The van der Waals surface area contributed by atoms with E-state index in [2.05, 4.69) is 38.7 Å². The van der Waals surface area contributed by atoms with Gasteiger partial charge in [0.05, 0.1) is 17.9 Å². The van der Waals surface area contributed by atoms with E-state index in [4.69, 9.17) is 5.26 Å². The molecule has 2 fully saturated rings. The van der Waals surface area contributed by atoms with Gasteiger partial charge in [0, 0.05) is 10.2 Å². The van der Waals surface area contributed by atoms with Crippen LogP contribution in [0.15, 0.2) is 40.9 Å². The minimum atomic E-state index is -0.388. The first-order valence-corrected chi connectivity index (χ1v) is 9.25. The summed E-state index contributed by atoms with van der Waals surface area (Å²) in [5, 5.41) is 14.4. The lowest BCUT2D eigenvalue weighted by molar-refractivity contribution is -0.132. The Bertz CT molecular complexity index is 792. The number of amides is 2. The number of nitrogens with one attached hydrogen (secondary N) is 2. The fourth-order valence-corrected chi connectivity index (χ4v) is 4.98. The molecule has 128 valence electrons. The summed E-state index contributed by atoms with van der Waals surface area (Å²) >= 11 is 3.38. The molecule has 1 spiro atoms. The van der Waals surface area contributed by atoms with Crippen molar-refractivity contribution in [2.75, 3.05) is 11.9 Å². The molecule has 3 aliphatic rings. The van der Waals surface area contributed by atoms with Crippen molar-refractivity contribution in [3.8, 4) is 6.07 Å². The summed E-state index contributed by atoms with van der Waals surface area (Å²) in [5.41, 5.74) is 0.817. The van der Waals surface area contributed by atoms with Crippen molar-refractivity contribution in [1.82, 2.24) is 5.32 Å². The van der Waals surface area contributed by atoms with Gasteiger partial charge >= 0.3 is 0 Å². The molecule has 2 N–H and O–H groups in total. The number of carbonyl (C=O) groups excluding carboxylic acids is 2. The second-order valence-corrected chi connectivity index (χ2v) is 8.01. The lowest BCUT2D eigenvalue weighted by Crippen LogP contribution is -2.42. The molecule has 0 aliphatic heterocycles. The van der Waals surface area contributed by atoms with E-state index in [1.807, 2.05) is 30.3 Å². The second-order valence-electron chi connectivity index (χ2n) is 7.09. The molecular weight excluding hydrogens is 382 g/mol. The van der Waals surface area contributed by atoms with Gasteiger partial charge in [-0.15, -0.1) is 0 Å². The number of rotatable bonds is 4. The van der Waals surface area contributed by atoms with Gasteiger partial charge in [0.1, 0.15) is 6.54 Å². The first-order valence-electron chi connectivity index (χ1n) is 8.46. The van der Waals surface area contributed by atoms with E-state index in [1.54, 1.807) is 0 Å². The van der Waals surface area contributed by atoms with Gasteiger partial charge in [-0.3, -0.25) is 9.59 Å². The fourth-order valence-electron chi connectivity index (χ4n) is 4.71. The van der Waals surface area contributed by atoms with E-state index >= 15 is 0 Å². The van der Waals surface area contributed by atoms with Crippen LogP contribution in [0.4, 0.5) is 5.69 Å². The molecule has 2 bridgehead atoms. The molecule has 4 rings (SSSR count). The molecule has 0 aromatic heterocycles. The highest BCUT2D eigenvalue weighted by Gasteiger charge is 2.69. The van der Waals surface area contributed by atoms with Gasteiger partial charge in [-0.2, -0.15) is 5.26 Å². The maximum atomic E-state index is 13.0. The van der Waals surface area contributed by atoms with Crippen LogP contribution in [-0.4, -0.2) is 18.4 Å². The molecule has 0 heterocycles. The largest absolute Gasteiger partial charge is 0.343 e. The zero-order valence-corrected chi connectivity index (χ0v) is 15.1. The van der Waals surface area contributed by atoms with Crippen molar-refractivity contribution < 1.29 is 9.59 Å². The second kappa shape index (κ2) is 5.99. The van der Waals surface area contributed by atoms with E-state index in [-0.39, 0.29) is 47.4 Å². The lowest BCUT2D eigenvalue weighted by Gasteiger charge is -2.25. The SMILES string of the molecule is N#CCNC(=O)[C@H]1[C@H](C(=O)Nc2ccc(Br)cc2)[C@@H]2C=C[C@H]1C21CC1. The Kier molecular flexibility index (Phi) is 3.92. The van der Waals surface area contributed by atoms with Gasteiger partial charge in [-0.05, 0) is 54.4 Å². The fraction of sp³-hybridized carbons (Fsp3) is 0.421. The van der Waals surface area contributed by atoms with Gasteiger partial charge in [0.2, 0.25) is 11.8 Å². The molecule has 2 amide bonds. The highest BCUT2D eigenvalue weighted by atomic mass is 79.9. The third kappa shape index (κ3) is 2.58. The van der Waals surface area contributed by atoms with Crippen LogP contribution in [0, 0.1) is 40.4 Å². The van der Waals surface area contributed by atoms with Crippen LogP contribution in [0.5, 0.6) is 0 Å². The van der Waals surface area contributed by atoms with Crippen LogP contribution < -0.4 is 10.6 Å². The van der Waals surface area contributed by atoms with Crippen LogP contribution in [0.25, 0.3) is 0 Å². The van der Waals surface area contributed by atoms with Gasteiger partial charge in [-0.25, -0.2) is 0 Å². The molecule has 4 atom stereocenters. The van der Waals surface area contributed by atoms with Crippen LogP contribution in [0.3, 0.4) is 0 Å². The molecule has 25 heavy (non-hydrogen) atoms. The standard InChI is InChI=1S/C19H18BrN3O2/c20-11-1-3-12(4-2-11)23-18(25)16-14-6-5-13(19(14)7-8-19)15(16)17(24)22-10-9-21/h1-6,13-16H,7-8,10H2,(H,22,24)(H,23,25)/t13-,14+,15-,16-/m1/s1. The Morgan fingerprint density at radius 3 is 2.28 bits per heavy atom. The van der Waals surface area contributed by atoms with Crippen LogP contribution >= 0.6 is 15.9 Å². The Hall–Kier alpha value is -2.13. The van der Waals surface area contributed by atoms with Gasteiger partial charge in [-0.1, -0.05) is 28.1 Å². The van der Waals surface area contributed by atoms with E-state index < -0.39 is 0 Å². The molecule has 2 saturated carbocycles. The number of hydrogen-bond acceptors (Lipinski definition) is 3. The molecule has 1 aromatic carbocycles. The Morgan fingerprint density at radius 1 is 1.12 bits per heavy atom. The van der Waals surface area contributed by atoms with Crippen LogP contribution in [-0.2, 0) is 9.59 Å². The monoisotopic (exact) mass is 399 g/mol. The summed E-state index contributed by atoms with van der Waals surface area (Å²) in [5.74, 6) is -0.827. The van der Waals surface area contributed by atoms with E-state index in [1.165, 1.54) is 0 Å². The van der Waals surface area contributed by atoms with E-state index in [0.29, 0.717) is 0 Å². The predicted octanol–water partition coefficient (Wildman–Crippen LogP) is 2.86. The summed E-state index contributed by atoms with van der Waals surface area (Å²) in [6.45, 7) is -0.0233. The smallest absolute Gasteiger partial charge is 0.228 e. The lowest BCUT2D eigenvalue weighted by atomic mass is 9.81. The topological polar surface area (TPSA) is 82.0 Å². The van der Waals surface area contributed by atoms with Crippen molar-refractivity contribution in [2.45, 2.75) is 12.8 Å². The number of nitriles is 1. The van der Waals surface area contributed by atoms with Crippen molar-refractivity contribution >= 4 is 33.4 Å². The zero-order valence-electron chi connectivity index (χ0n) is 13.5. The summed E-state index contributed by atoms with van der Waals surface area (Å²) in [4.78, 5) is 25.6. The summed E-state index contributed by atoms with van der Waals surface area (Å²) in [6.07, 6.45) is 6.37. The van der Waals surface area contributed by atoms with Gasteiger partial charge in [0.25, 0.3) is 0 Å². The number of hydrogen-bond donors (Lipinski definition) is 2. The normalized spacial score (nSPS) is 30.1. The number of anilines is 1. The number of carbonyl (C=O) groups is 2. The molecule has 0 unspecified atom stereocenters. The third-order valence-corrected chi connectivity index (χ3v) is 6.43. The Morgan fingerprint density at radius 2 is 1.72 bits per heavy atom. The minimum Gasteiger partial charge on any atom is -0.343 e. The maximum absolute atomic E-state index is 13.0. The quantitative estimate of drug-likeness (QED) is 0.603. The summed E-state index contributed by atoms with van der Waals surface area (Å²) in [6, 6.07) is 9.35. The number of nitrogens with zero attached hydrogens (tertiary/aromatic N) is 1. The Balaban J connectivity index is 1.58. The van der Waals surface area contributed by atoms with Crippen molar-refractivity contribution in [3.63, 3.8) is 0 Å². The van der Waals surface area contributed by atoms with E-state index in [0.717, 1.165) is 23.0 Å². The molecule has 5 nitrogen and oxygen atoms in total. The molecule has 3 aliphatic carbocycles. The third-order valence-electron chi connectivity index (χ3n) is 5.90. The van der Waals surface area contributed by atoms with Gasteiger partial charge < -0.3 is 10.6 Å². The first kappa shape index (κ1) is 16.3. The predicted molar refractivity (Wildman–Crippen MR) is 96.2 cm³/mol. The van der Waals surface area contributed by atoms with Crippen LogP contribution in [0.1, 0.15) is 12.8 Å². The Labute approximate surface area is 154 Å². The average molecular weight is 400 g/mol. The first-order chi connectivity index (χ1) is 12.1. The highest BCUT2D eigenvalue weighted by molar-refractivity contribution is 9.10. The number of halogens is 1. The summed E-state index contributed by atoms with van der Waals surface area (Å²) in [7, 11) is 0. The molecule has 0 radical (unpaired) electrons. The number of benzene rings is 1. The van der Waals surface area contributed by atoms with Crippen molar-refractivity contribution in [1.29, 1.82) is 5.26 Å². The van der Waals surface area contributed by atoms with Crippen molar-refractivity contribution in [2.24, 2.45) is 29.1 Å². The minimum absolute atomic E-state index is 0.0233. The highest BCUT2D eigenvalue weighted by Crippen LogP contribution is 2.72. The van der Waals surface area contributed by atoms with Crippen molar-refractivity contribution in [3.05, 3.63) is 40.9 Å². The van der Waals surface area contributed by atoms with Gasteiger partial charge in [0.15, 0.2) is 0 Å². The maximum Gasteiger partial charge on any atom is 0.228 e. The summed E-state index contributed by atoms with van der Waals surface area (Å²) < 4.78 is 0.944. The molecule has 1 aromatic rings. The van der Waals surface area contributed by atoms with E-state index in [9.17, 15) is 9.59 Å². The average Bonchev–Trinajstić information content (AvgIpc) is 3.27. The molecule has 6 heteroatoms. The van der Waals surface area contributed by atoms with Crippen LogP contribution in [0.2, 0.25) is 0 Å². The zero-order chi connectivity index (χ0) is 17.6.